The Morgan fingerprint density at radius 1 is 1.00 bits per heavy atom. The van der Waals surface area contributed by atoms with Gasteiger partial charge in [-0.25, -0.2) is 14.5 Å². The van der Waals surface area contributed by atoms with Gasteiger partial charge in [-0.15, -0.1) is 0 Å². The van der Waals surface area contributed by atoms with Gasteiger partial charge in [0.15, 0.2) is 5.82 Å². The molecule has 0 atom stereocenters. The third-order valence-corrected chi connectivity index (χ3v) is 7.08. The quantitative estimate of drug-likeness (QED) is 0.128. The molecule has 0 aliphatic carbocycles. The summed E-state index contributed by atoms with van der Waals surface area (Å²) in [5.74, 6) is 1.49. The Labute approximate surface area is 228 Å². The lowest BCUT2D eigenvalue weighted by Crippen LogP contribution is -2.07. The molecule has 0 fully saturated rings. The van der Waals surface area contributed by atoms with Crippen LogP contribution in [0.15, 0.2) is 36.4 Å². The smallest absolute Gasteiger partial charge is 0.404 e. The molecule has 0 aliphatic rings. The monoisotopic (exact) mass is 555 g/mol. The molecule has 0 bridgehead atoms. The molecule has 210 valence electrons. The fraction of sp³-hybridized carbons (Fsp3) is 0.429. The van der Waals surface area contributed by atoms with E-state index in [1.807, 2.05) is 12.1 Å². The number of anilines is 1. The Balaban J connectivity index is 1.69. The first-order chi connectivity index (χ1) is 18.7. The molecule has 0 unspecified atom stereocenters. The summed E-state index contributed by atoms with van der Waals surface area (Å²) in [5.41, 5.74) is 17.2. The molecule has 4 aromatic rings. The third-order valence-electron chi connectivity index (χ3n) is 6.65. The van der Waals surface area contributed by atoms with E-state index in [0.29, 0.717) is 43.2 Å². The molecule has 0 saturated carbocycles. The Morgan fingerprint density at radius 2 is 1.77 bits per heavy atom. The predicted octanol–water partition coefficient (Wildman–Crippen LogP) is 4.64. The molecule has 39 heavy (non-hydrogen) atoms. The van der Waals surface area contributed by atoms with E-state index in [1.54, 1.807) is 13.0 Å². The number of unbranched alkanes of at least 4 members (excludes halogenated alkanes) is 1. The number of imidazole rings is 1. The minimum Gasteiger partial charge on any atom is -0.404 e. The summed E-state index contributed by atoms with van der Waals surface area (Å²) in [7, 11) is -4.64. The van der Waals surface area contributed by atoms with Crippen LogP contribution in [0.25, 0.3) is 21.9 Å². The van der Waals surface area contributed by atoms with Crippen molar-refractivity contribution in [2.45, 2.75) is 58.9 Å². The number of nitrogens with two attached hydrogens (primary N) is 2. The van der Waals surface area contributed by atoms with E-state index in [4.69, 9.17) is 30.7 Å². The van der Waals surface area contributed by atoms with Crippen molar-refractivity contribution in [2.75, 3.05) is 25.5 Å². The summed E-state index contributed by atoms with van der Waals surface area (Å²) >= 11 is 0. The van der Waals surface area contributed by atoms with Crippen molar-refractivity contribution >= 4 is 35.6 Å². The number of aryl methyl sites for hydroxylation is 3. The van der Waals surface area contributed by atoms with Crippen LogP contribution < -0.4 is 16.0 Å². The summed E-state index contributed by atoms with van der Waals surface area (Å²) in [6.45, 7) is 6.45. The maximum absolute atomic E-state index is 11.3. The van der Waals surface area contributed by atoms with Crippen LogP contribution in [0, 0.1) is 6.92 Å². The molecule has 11 heteroatoms. The van der Waals surface area contributed by atoms with Gasteiger partial charge in [-0.3, -0.25) is 9.79 Å². The van der Waals surface area contributed by atoms with E-state index < -0.39 is 7.82 Å². The van der Waals surface area contributed by atoms with E-state index in [9.17, 15) is 14.4 Å². The summed E-state index contributed by atoms with van der Waals surface area (Å²) in [4.78, 5) is 28.0. The van der Waals surface area contributed by atoms with Gasteiger partial charge in [0.25, 0.3) is 0 Å². The number of ether oxygens (including phenoxy) is 1. The Bertz CT molecular complexity index is 1480. The molecule has 10 nitrogen and oxygen atoms in total. The fourth-order valence-corrected chi connectivity index (χ4v) is 5.20. The average molecular weight is 556 g/mol. The number of hydrogen-bond donors (Lipinski definition) is 4. The molecule has 2 heterocycles. The first kappa shape index (κ1) is 29.0. The maximum Gasteiger partial charge on any atom is 0.524 e. The molecule has 0 amide bonds. The molecule has 2 aromatic heterocycles. The highest BCUT2D eigenvalue weighted by atomic mass is 31.2. The molecule has 0 radical (unpaired) electrons. The van der Waals surface area contributed by atoms with Crippen molar-refractivity contribution in [3.63, 3.8) is 0 Å². The summed E-state index contributed by atoms with van der Waals surface area (Å²) in [5, 5.41) is 0.982. The number of fused-ring (bicyclic) bond motifs is 3. The van der Waals surface area contributed by atoms with Crippen molar-refractivity contribution in [1.29, 1.82) is 0 Å². The number of hydrogen-bond acceptors (Lipinski definition) is 7. The molecule has 0 saturated heterocycles. The lowest BCUT2D eigenvalue weighted by Gasteiger charge is -2.14. The van der Waals surface area contributed by atoms with Gasteiger partial charge in [-0.1, -0.05) is 37.6 Å². The second-order valence-corrected chi connectivity index (χ2v) is 11.0. The van der Waals surface area contributed by atoms with Crippen LogP contribution in [0.2, 0.25) is 0 Å². The minimum absolute atomic E-state index is 0.157. The normalized spacial score (nSPS) is 12.0. The van der Waals surface area contributed by atoms with Gasteiger partial charge in [-0.2, -0.15) is 0 Å². The van der Waals surface area contributed by atoms with Gasteiger partial charge >= 0.3 is 7.82 Å². The molecule has 2 aromatic carbocycles. The Hall–Kier alpha value is -3.01. The van der Waals surface area contributed by atoms with Gasteiger partial charge in [0.05, 0.1) is 11.0 Å². The van der Waals surface area contributed by atoms with E-state index in [0.717, 1.165) is 66.3 Å². The van der Waals surface area contributed by atoms with Crippen LogP contribution >= 0.6 is 7.82 Å². The van der Waals surface area contributed by atoms with Crippen LogP contribution in [-0.2, 0) is 28.7 Å². The van der Waals surface area contributed by atoms with E-state index in [-0.39, 0.29) is 5.75 Å². The fourth-order valence-electron chi connectivity index (χ4n) is 4.74. The number of phosphoric ester groups is 1. The number of benzene rings is 2. The molecule has 4 rings (SSSR count). The zero-order chi connectivity index (χ0) is 28.0. The highest BCUT2D eigenvalue weighted by Gasteiger charge is 2.20. The number of nitrogen functional groups attached to an aromatic ring is 1. The summed E-state index contributed by atoms with van der Waals surface area (Å²) in [6, 6.07) is 11.6. The number of phosphoric acid groups is 1. The highest BCUT2D eigenvalue weighted by molar-refractivity contribution is 7.46. The van der Waals surface area contributed by atoms with Crippen molar-refractivity contribution < 1.29 is 23.6 Å². The molecular formula is C28H38N5O5P. The van der Waals surface area contributed by atoms with Gasteiger partial charge in [0.2, 0.25) is 0 Å². The molecular weight excluding hydrogens is 517 g/mol. The second-order valence-electron chi connectivity index (χ2n) is 9.80. The van der Waals surface area contributed by atoms with Crippen LogP contribution in [0.4, 0.5) is 5.82 Å². The minimum atomic E-state index is -4.64. The van der Waals surface area contributed by atoms with Gasteiger partial charge in [-0.05, 0) is 68.0 Å². The first-order valence-electron chi connectivity index (χ1n) is 13.4. The third kappa shape index (κ3) is 7.35. The lowest BCUT2D eigenvalue weighted by atomic mass is 10.1. The highest BCUT2D eigenvalue weighted by Crippen LogP contribution is 2.39. The van der Waals surface area contributed by atoms with Gasteiger partial charge in [0, 0.05) is 31.6 Å². The first-order valence-corrected chi connectivity index (χ1v) is 14.9. The zero-order valence-electron chi connectivity index (χ0n) is 22.6. The Morgan fingerprint density at radius 3 is 2.49 bits per heavy atom. The van der Waals surface area contributed by atoms with E-state index >= 15 is 0 Å². The number of aromatic nitrogens is 3. The van der Waals surface area contributed by atoms with E-state index in [1.165, 1.54) is 5.56 Å². The lowest BCUT2D eigenvalue weighted by molar-refractivity contribution is 0.131. The number of nitrogens with zero attached hydrogens (tertiary/aromatic N) is 3. The summed E-state index contributed by atoms with van der Waals surface area (Å²) in [6.07, 6.45) is 5.47. The van der Waals surface area contributed by atoms with Crippen LogP contribution in [0.3, 0.4) is 0 Å². The topological polar surface area (TPSA) is 159 Å². The molecule has 6 N–H and O–H groups in total. The number of pyridine rings is 1. The SMILES string of the molecule is CCCCc1nc2c(N)nc3cc(CCCOCCCN)ccc3c2n1Cc1ccc(OP(=O)(O)O)c(C)c1. The van der Waals surface area contributed by atoms with Crippen LogP contribution in [0.1, 0.15) is 55.1 Å². The molecule has 0 aliphatic heterocycles. The maximum atomic E-state index is 11.3. The predicted molar refractivity (Wildman–Crippen MR) is 154 cm³/mol. The van der Waals surface area contributed by atoms with Gasteiger partial charge in [0.1, 0.15) is 17.1 Å². The second kappa shape index (κ2) is 12.9. The van der Waals surface area contributed by atoms with Crippen molar-refractivity contribution in [3.8, 4) is 5.75 Å². The average Bonchev–Trinajstić information content (AvgIpc) is 3.24. The van der Waals surface area contributed by atoms with Crippen molar-refractivity contribution in [3.05, 3.63) is 58.9 Å². The van der Waals surface area contributed by atoms with Gasteiger partial charge < -0.3 is 25.3 Å². The van der Waals surface area contributed by atoms with Crippen molar-refractivity contribution in [1.82, 2.24) is 14.5 Å². The van der Waals surface area contributed by atoms with Crippen molar-refractivity contribution in [2.24, 2.45) is 5.73 Å². The Kier molecular flexibility index (Phi) is 9.58. The summed E-state index contributed by atoms with van der Waals surface area (Å²) < 4.78 is 23.9. The standard InChI is InChI=1S/C28H38N5O5P/c1-3-4-8-25-32-26-27(33(25)18-21-10-12-24(19(2)16-21)38-39(34,35)36)22-11-9-20(17-23(22)31-28(26)30)7-5-14-37-15-6-13-29/h9-12,16-17H,3-8,13-15,18,29H2,1-2H3,(H2,30,31)(H2,34,35,36). The molecule has 0 spiro atoms. The largest absolute Gasteiger partial charge is 0.524 e. The van der Waals surface area contributed by atoms with E-state index in [2.05, 4.69) is 29.7 Å². The van der Waals surface area contributed by atoms with Crippen LogP contribution in [-0.4, -0.2) is 44.1 Å². The van der Waals surface area contributed by atoms with Crippen LogP contribution in [0.5, 0.6) is 5.75 Å². The zero-order valence-corrected chi connectivity index (χ0v) is 23.5. The number of rotatable bonds is 14.